The van der Waals surface area contributed by atoms with Crippen molar-refractivity contribution in [3.63, 3.8) is 0 Å². The highest BCUT2D eigenvalue weighted by molar-refractivity contribution is 7.99. The maximum absolute atomic E-state index is 5.81. The predicted molar refractivity (Wildman–Crippen MR) is 105 cm³/mol. The number of thioether (sulfide) groups is 1. The fraction of sp³-hybridized carbons (Fsp3) is 0.200. The van der Waals surface area contributed by atoms with E-state index in [-0.39, 0.29) is 5.25 Å². The molecule has 7 heteroatoms. The van der Waals surface area contributed by atoms with E-state index in [0.717, 1.165) is 23.4 Å². The Balaban J connectivity index is 1.46. The van der Waals surface area contributed by atoms with Crippen LogP contribution in [0.15, 0.2) is 64.2 Å². The van der Waals surface area contributed by atoms with Gasteiger partial charge in [-0.25, -0.2) is 4.98 Å². The summed E-state index contributed by atoms with van der Waals surface area (Å²) in [6.45, 7) is 4.14. The van der Waals surface area contributed by atoms with E-state index in [0.29, 0.717) is 16.9 Å². The van der Waals surface area contributed by atoms with Crippen molar-refractivity contribution in [2.75, 3.05) is 0 Å². The summed E-state index contributed by atoms with van der Waals surface area (Å²) in [5.74, 6) is 1.82. The zero-order valence-corrected chi connectivity index (χ0v) is 15.9. The highest BCUT2D eigenvalue weighted by Crippen LogP contribution is 2.33. The van der Waals surface area contributed by atoms with Crippen LogP contribution in [0.3, 0.4) is 0 Å². The predicted octanol–water partition coefficient (Wildman–Crippen LogP) is 4.94. The molecular weight excluding hydrogens is 358 g/mol. The summed E-state index contributed by atoms with van der Waals surface area (Å²) >= 11 is 1.48. The van der Waals surface area contributed by atoms with Gasteiger partial charge < -0.3 is 4.42 Å². The molecule has 4 rings (SSSR count). The standard InChI is InChI=1S/C20H19N5OS/c1-3-14-9-11-15(12-10-14)17-21-20(25-22-17)27-13(2)18-23-24-19(26-18)16-7-5-4-6-8-16/h4-13H,3H2,1-2H3,(H,21,22,25)/t13-/m1/s1. The molecule has 6 nitrogen and oxygen atoms in total. The van der Waals surface area contributed by atoms with Crippen LogP contribution in [-0.2, 0) is 6.42 Å². The molecule has 0 saturated heterocycles. The van der Waals surface area contributed by atoms with Gasteiger partial charge in [0, 0.05) is 11.1 Å². The lowest BCUT2D eigenvalue weighted by atomic mass is 10.1. The van der Waals surface area contributed by atoms with E-state index in [2.05, 4.69) is 56.6 Å². The van der Waals surface area contributed by atoms with Gasteiger partial charge in [-0.1, -0.05) is 61.2 Å². The van der Waals surface area contributed by atoms with Crippen molar-refractivity contribution in [1.29, 1.82) is 0 Å². The first kappa shape index (κ1) is 17.5. The Kier molecular flexibility index (Phi) is 5.02. The van der Waals surface area contributed by atoms with Crippen LogP contribution in [-0.4, -0.2) is 25.4 Å². The van der Waals surface area contributed by atoms with Gasteiger partial charge in [-0.3, -0.25) is 5.10 Å². The minimum absolute atomic E-state index is 0.0546. The number of hydrogen-bond acceptors (Lipinski definition) is 6. The lowest BCUT2D eigenvalue weighted by molar-refractivity contribution is 0.509. The molecule has 136 valence electrons. The van der Waals surface area contributed by atoms with Crippen LogP contribution >= 0.6 is 11.8 Å². The van der Waals surface area contributed by atoms with Crippen LogP contribution in [0, 0.1) is 0 Å². The van der Waals surface area contributed by atoms with Crippen LogP contribution in [0.4, 0.5) is 0 Å². The number of rotatable bonds is 6. The molecule has 0 aliphatic carbocycles. The summed E-state index contributed by atoms with van der Waals surface area (Å²) < 4.78 is 5.81. The second-order valence-corrected chi connectivity index (χ2v) is 7.40. The number of hydrogen-bond donors (Lipinski definition) is 1. The second-order valence-electron chi connectivity index (χ2n) is 6.09. The summed E-state index contributed by atoms with van der Waals surface area (Å²) in [7, 11) is 0. The van der Waals surface area contributed by atoms with Gasteiger partial charge in [0.15, 0.2) is 5.82 Å². The zero-order chi connectivity index (χ0) is 18.6. The molecule has 4 aromatic rings. The largest absolute Gasteiger partial charge is 0.419 e. The van der Waals surface area contributed by atoms with Gasteiger partial charge in [0.05, 0.1) is 5.25 Å². The molecule has 0 bridgehead atoms. The summed E-state index contributed by atoms with van der Waals surface area (Å²) in [6.07, 6.45) is 1.02. The molecule has 2 heterocycles. The summed E-state index contributed by atoms with van der Waals surface area (Å²) in [6, 6.07) is 18.1. The van der Waals surface area contributed by atoms with Crippen LogP contribution in [0.25, 0.3) is 22.8 Å². The van der Waals surface area contributed by atoms with Gasteiger partial charge in [0.25, 0.3) is 0 Å². The molecule has 27 heavy (non-hydrogen) atoms. The molecule has 1 atom stereocenters. The lowest BCUT2D eigenvalue weighted by Crippen LogP contribution is -1.89. The van der Waals surface area contributed by atoms with Crippen molar-refractivity contribution in [1.82, 2.24) is 25.4 Å². The van der Waals surface area contributed by atoms with Crippen molar-refractivity contribution >= 4 is 11.8 Å². The highest BCUT2D eigenvalue weighted by atomic mass is 32.2. The van der Waals surface area contributed by atoms with Crippen LogP contribution in [0.1, 0.15) is 30.6 Å². The Labute approximate surface area is 161 Å². The minimum Gasteiger partial charge on any atom is -0.419 e. The van der Waals surface area contributed by atoms with Crippen molar-refractivity contribution < 1.29 is 4.42 Å². The number of nitrogens with zero attached hydrogens (tertiary/aromatic N) is 4. The Morgan fingerprint density at radius 1 is 1.00 bits per heavy atom. The molecule has 0 aliphatic rings. The lowest BCUT2D eigenvalue weighted by Gasteiger charge is -2.02. The Hall–Kier alpha value is -2.93. The molecule has 2 aromatic heterocycles. The highest BCUT2D eigenvalue weighted by Gasteiger charge is 2.18. The number of H-pyrrole nitrogens is 1. The molecule has 2 aromatic carbocycles. The third kappa shape index (κ3) is 3.93. The van der Waals surface area contributed by atoms with Crippen molar-refractivity contribution in [3.05, 3.63) is 66.1 Å². The molecule has 0 radical (unpaired) electrons. The normalized spacial score (nSPS) is 12.2. The van der Waals surface area contributed by atoms with E-state index in [1.54, 1.807) is 0 Å². The fourth-order valence-corrected chi connectivity index (χ4v) is 3.39. The average Bonchev–Trinajstić information content (AvgIpc) is 3.39. The van der Waals surface area contributed by atoms with Gasteiger partial charge in [0.1, 0.15) is 0 Å². The van der Waals surface area contributed by atoms with Gasteiger partial charge in [0.2, 0.25) is 16.9 Å². The third-order valence-electron chi connectivity index (χ3n) is 4.19. The number of aromatic amines is 1. The van der Waals surface area contributed by atoms with E-state index in [1.165, 1.54) is 17.3 Å². The van der Waals surface area contributed by atoms with Crippen molar-refractivity contribution in [2.45, 2.75) is 30.7 Å². The van der Waals surface area contributed by atoms with Crippen LogP contribution in [0.5, 0.6) is 0 Å². The third-order valence-corrected chi connectivity index (χ3v) is 5.14. The minimum atomic E-state index is -0.0546. The summed E-state index contributed by atoms with van der Waals surface area (Å²) in [5, 5.41) is 16.2. The quantitative estimate of drug-likeness (QED) is 0.480. The first-order valence-corrected chi connectivity index (χ1v) is 9.68. The van der Waals surface area contributed by atoms with Crippen molar-refractivity contribution in [2.24, 2.45) is 0 Å². The first-order valence-electron chi connectivity index (χ1n) is 8.80. The summed E-state index contributed by atoms with van der Waals surface area (Å²) in [4.78, 5) is 4.57. The van der Waals surface area contributed by atoms with Gasteiger partial charge in [-0.2, -0.15) is 0 Å². The average molecular weight is 377 g/mol. The fourth-order valence-electron chi connectivity index (χ4n) is 2.63. The second kappa shape index (κ2) is 7.75. The molecular formula is C20H19N5OS. The molecule has 0 saturated carbocycles. The molecule has 0 unspecified atom stereocenters. The Bertz CT molecular complexity index is 1010. The van der Waals surface area contributed by atoms with Crippen molar-refractivity contribution in [3.8, 4) is 22.8 Å². The van der Waals surface area contributed by atoms with E-state index in [9.17, 15) is 0 Å². The van der Waals surface area contributed by atoms with Crippen LogP contribution in [0.2, 0.25) is 0 Å². The number of benzene rings is 2. The van der Waals surface area contributed by atoms with E-state index >= 15 is 0 Å². The monoisotopic (exact) mass is 377 g/mol. The first-order chi connectivity index (χ1) is 13.2. The number of aromatic nitrogens is 5. The maximum atomic E-state index is 5.81. The molecule has 0 aliphatic heterocycles. The Morgan fingerprint density at radius 3 is 2.52 bits per heavy atom. The van der Waals surface area contributed by atoms with E-state index in [1.807, 2.05) is 37.3 Å². The SMILES string of the molecule is CCc1ccc(-c2nc(S[C@H](C)c3nnc(-c4ccccc4)o3)n[nH]2)cc1. The van der Waals surface area contributed by atoms with Gasteiger partial charge in [-0.05, 0) is 31.0 Å². The Morgan fingerprint density at radius 2 is 1.78 bits per heavy atom. The van der Waals surface area contributed by atoms with Crippen LogP contribution < -0.4 is 0 Å². The molecule has 0 spiro atoms. The smallest absolute Gasteiger partial charge is 0.247 e. The number of aryl methyl sites for hydroxylation is 1. The number of nitrogens with one attached hydrogen (secondary N) is 1. The van der Waals surface area contributed by atoms with E-state index in [4.69, 9.17) is 4.42 Å². The molecule has 0 amide bonds. The molecule has 1 N–H and O–H groups in total. The van der Waals surface area contributed by atoms with E-state index < -0.39 is 0 Å². The summed E-state index contributed by atoms with van der Waals surface area (Å²) in [5.41, 5.74) is 3.22. The maximum Gasteiger partial charge on any atom is 0.247 e. The van der Waals surface area contributed by atoms with Gasteiger partial charge >= 0.3 is 0 Å². The topological polar surface area (TPSA) is 80.5 Å². The molecule has 0 fully saturated rings. The van der Waals surface area contributed by atoms with Gasteiger partial charge in [-0.15, -0.1) is 15.3 Å². The zero-order valence-electron chi connectivity index (χ0n) is 15.1.